The predicted octanol–water partition coefficient (Wildman–Crippen LogP) is 2.19. The van der Waals surface area contributed by atoms with Crippen LogP contribution in [0.5, 0.6) is 0 Å². The number of ether oxygens (including phenoxy) is 1. The van der Waals surface area contributed by atoms with Gasteiger partial charge in [-0.05, 0) is 38.5 Å². The van der Waals surface area contributed by atoms with Crippen LogP contribution < -0.4 is 10.6 Å². The first-order valence-electron chi connectivity index (χ1n) is 8.29. The molecule has 0 aliphatic carbocycles. The van der Waals surface area contributed by atoms with Crippen LogP contribution >= 0.6 is 0 Å². The molecule has 0 radical (unpaired) electrons. The first kappa shape index (κ1) is 18.0. The number of rotatable bonds is 7. The average molecular weight is 329 g/mol. The van der Waals surface area contributed by atoms with E-state index in [4.69, 9.17) is 4.74 Å². The van der Waals surface area contributed by atoms with E-state index in [9.17, 15) is 0 Å². The zero-order valence-corrected chi connectivity index (χ0v) is 15.0. The van der Waals surface area contributed by atoms with E-state index in [0.29, 0.717) is 13.2 Å². The Labute approximate surface area is 143 Å². The Bertz CT molecular complexity index is 678. The van der Waals surface area contributed by atoms with Crippen LogP contribution in [0.15, 0.2) is 35.3 Å². The van der Waals surface area contributed by atoms with Crippen molar-refractivity contribution in [3.05, 3.63) is 47.3 Å². The number of guanidine groups is 1. The summed E-state index contributed by atoms with van der Waals surface area (Å²) in [5.74, 6) is 0.762. The molecule has 0 atom stereocenters. The van der Waals surface area contributed by atoms with Gasteiger partial charge >= 0.3 is 0 Å². The van der Waals surface area contributed by atoms with Crippen LogP contribution in [0, 0.1) is 13.8 Å². The number of aryl methyl sites for hydroxylation is 2. The molecule has 6 heteroatoms. The highest BCUT2D eigenvalue weighted by Crippen LogP contribution is 2.16. The van der Waals surface area contributed by atoms with Gasteiger partial charge in [0.1, 0.15) is 0 Å². The first-order chi connectivity index (χ1) is 11.7. The SMILES string of the molecule is CCOCCNC(=NC)NCc1ccccc1-n1nc(C)cc1C. The standard InChI is InChI=1S/C18H27N5O/c1-5-24-11-10-20-18(19-4)21-13-16-8-6-7-9-17(16)23-15(3)12-14(2)22-23/h6-9,12H,5,10-11,13H2,1-4H3,(H2,19,20,21). The lowest BCUT2D eigenvalue weighted by molar-refractivity contribution is 0.152. The largest absolute Gasteiger partial charge is 0.380 e. The number of nitrogens with one attached hydrogen (secondary N) is 2. The van der Waals surface area contributed by atoms with Crippen molar-refractivity contribution in [1.82, 2.24) is 20.4 Å². The van der Waals surface area contributed by atoms with Crippen LogP contribution in [0.1, 0.15) is 23.9 Å². The quantitative estimate of drug-likeness (QED) is 0.464. The summed E-state index contributed by atoms with van der Waals surface area (Å²) < 4.78 is 7.31. The van der Waals surface area contributed by atoms with E-state index >= 15 is 0 Å². The molecule has 0 amide bonds. The van der Waals surface area contributed by atoms with Gasteiger partial charge in [0.2, 0.25) is 0 Å². The van der Waals surface area contributed by atoms with Gasteiger partial charge in [0.25, 0.3) is 0 Å². The lowest BCUT2D eigenvalue weighted by atomic mass is 10.1. The Kier molecular flexibility index (Phi) is 6.81. The highest BCUT2D eigenvalue weighted by atomic mass is 16.5. The Morgan fingerprint density at radius 1 is 1.25 bits per heavy atom. The fraction of sp³-hybridized carbons (Fsp3) is 0.444. The van der Waals surface area contributed by atoms with Gasteiger partial charge in [-0.2, -0.15) is 5.10 Å². The summed E-state index contributed by atoms with van der Waals surface area (Å²) in [4.78, 5) is 4.24. The third-order valence-electron chi connectivity index (χ3n) is 3.64. The molecule has 0 bridgehead atoms. The monoisotopic (exact) mass is 329 g/mol. The van der Waals surface area contributed by atoms with Gasteiger partial charge in [-0.3, -0.25) is 4.99 Å². The molecule has 6 nitrogen and oxygen atoms in total. The number of hydrogen-bond acceptors (Lipinski definition) is 3. The Morgan fingerprint density at radius 2 is 2.04 bits per heavy atom. The van der Waals surface area contributed by atoms with E-state index in [-0.39, 0.29) is 0 Å². The van der Waals surface area contributed by atoms with Gasteiger partial charge in [0, 0.05) is 32.4 Å². The summed E-state index contributed by atoms with van der Waals surface area (Å²) in [5, 5.41) is 11.2. The molecule has 1 heterocycles. The van der Waals surface area contributed by atoms with Crippen LogP contribution in [0.25, 0.3) is 5.69 Å². The van der Waals surface area contributed by atoms with Crippen molar-refractivity contribution in [2.24, 2.45) is 4.99 Å². The fourth-order valence-electron chi connectivity index (χ4n) is 2.53. The van der Waals surface area contributed by atoms with E-state index in [1.165, 1.54) is 0 Å². The summed E-state index contributed by atoms with van der Waals surface area (Å²) in [5.41, 5.74) is 4.39. The van der Waals surface area contributed by atoms with Crippen molar-refractivity contribution in [3.8, 4) is 5.69 Å². The highest BCUT2D eigenvalue weighted by molar-refractivity contribution is 5.79. The molecular formula is C18H27N5O. The Morgan fingerprint density at radius 3 is 2.71 bits per heavy atom. The number of aliphatic imine (C=N–C) groups is 1. The van der Waals surface area contributed by atoms with Gasteiger partial charge in [-0.1, -0.05) is 18.2 Å². The molecule has 2 aromatic rings. The molecule has 130 valence electrons. The van der Waals surface area contributed by atoms with Gasteiger partial charge < -0.3 is 15.4 Å². The van der Waals surface area contributed by atoms with Gasteiger partial charge in [-0.25, -0.2) is 4.68 Å². The number of para-hydroxylation sites is 1. The van der Waals surface area contributed by atoms with E-state index in [0.717, 1.165) is 41.7 Å². The zero-order valence-electron chi connectivity index (χ0n) is 15.0. The number of benzene rings is 1. The highest BCUT2D eigenvalue weighted by Gasteiger charge is 2.09. The predicted molar refractivity (Wildman–Crippen MR) is 97.7 cm³/mol. The van der Waals surface area contributed by atoms with E-state index in [1.54, 1.807) is 7.05 Å². The van der Waals surface area contributed by atoms with Crippen LogP contribution in [-0.4, -0.2) is 42.5 Å². The second kappa shape index (κ2) is 9.08. The van der Waals surface area contributed by atoms with Crippen LogP contribution in [0.3, 0.4) is 0 Å². The van der Waals surface area contributed by atoms with Crippen molar-refractivity contribution >= 4 is 5.96 Å². The Hall–Kier alpha value is -2.34. The Balaban J connectivity index is 2.04. The summed E-state index contributed by atoms with van der Waals surface area (Å²) in [6.07, 6.45) is 0. The molecule has 0 spiro atoms. The average Bonchev–Trinajstić information content (AvgIpc) is 2.93. The van der Waals surface area contributed by atoms with Gasteiger partial charge in [0.05, 0.1) is 18.0 Å². The lowest BCUT2D eigenvalue weighted by Crippen LogP contribution is -2.38. The molecular weight excluding hydrogens is 302 g/mol. The molecule has 2 rings (SSSR count). The van der Waals surface area contributed by atoms with Crippen molar-refractivity contribution in [3.63, 3.8) is 0 Å². The minimum absolute atomic E-state index is 0.666. The minimum Gasteiger partial charge on any atom is -0.380 e. The van der Waals surface area contributed by atoms with Gasteiger partial charge in [0.15, 0.2) is 5.96 Å². The summed E-state index contributed by atoms with van der Waals surface area (Å²) in [6.45, 7) is 8.86. The molecule has 0 aliphatic rings. The molecule has 0 saturated heterocycles. The first-order valence-corrected chi connectivity index (χ1v) is 8.29. The molecule has 0 saturated carbocycles. The second-order valence-corrected chi connectivity index (χ2v) is 5.52. The third-order valence-corrected chi connectivity index (χ3v) is 3.64. The molecule has 0 aliphatic heterocycles. The normalized spacial score (nSPS) is 11.6. The third kappa shape index (κ3) is 4.83. The molecule has 1 aromatic carbocycles. The van der Waals surface area contributed by atoms with E-state index in [1.807, 2.05) is 30.7 Å². The van der Waals surface area contributed by atoms with Crippen LogP contribution in [-0.2, 0) is 11.3 Å². The molecule has 24 heavy (non-hydrogen) atoms. The van der Waals surface area contributed by atoms with Crippen molar-refractivity contribution in [2.75, 3.05) is 26.8 Å². The number of nitrogens with zero attached hydrogens (tertiary/aromatic N) is 3. The zero-order chi connectivity index (χ0) is 17.4. The van der Waals surface area contributed by atoms with Crippen molar-refractivity contribution in [1.29, 1.82) is 0 Å². The maximum Gasteiger partial charge on any atom is 0.191 e. The lowest BCUT2D eigenvalue weighted by Gasteiger charge is -2.15. The fourth-order valence-corrected chi connectivity index (χ4v) is 2.53. The molecule has 0 fully saturated rings. The van der Waals surface area contributed by atoms with Crippen LogP contribution in [0.2, 0.25) is 0 Å². The van der Waals surface area contributed by atoms with E-state index in [2.05, 4.69) is 45.8 Å². The van der Waals surface area contributed by atoms with Gasteiger partial charge in [-0.15, -0.1) is 0 Å². The summed E-state index contributed by atoms with van der Waals surface area (Å²) in [7, 11) is 1.77. The molecule has 2 N–H and O–H groups in total. The van der Waals surface area contributed by atoms with Crippen LogP contribution in [0.4, 0.5) is 0 Å². The van der Waals surface area contributed by atoms with Crippen molar-refractivity contribution in [2.45, 2.75) is 27.3 Å². The smallest absolute Gasteiger partial charge is 0.191 e. The maximum atomic E-state index is 5.33. The minimum atomic E-state index is 0.666. The number of aromatic nitrogens is 2. The molecule has 1 aromatic heterocycles. The second-order valence-electron chi connectivity index (χ2n) is 5.52. The number of hydrogen-bond donors (Lipinski definition) is 2. The van der Waals surface area contributed by atoms with E-state index < -0.39 is 0 Å². The topological polar surface area (TPSA) is 63.5 Å². The van der Waals surface area contributed by atoms with Crippen molar-refractivity contribution < 1.29 is 4.74 Å². The maximum absolute atomic E-state index is 5.33. The summed E-state index contributed by atoms with van der Waals surface area (Å²) in [6, 6.07) is 10.3. The molecule has 0 unspecified atom stereocenters. The summed E-state index contributed by atoms with van der Waals surface area (Å²) >= 11 is 0.